The average molecular weight is 582 g/mol. The van der Waals surface area contributed by atoms with E-state index in [1.807, 2.05) is 6.92 Å². The highest BCUT2D eigenvalue weighted by molar-refractivity contribution is 6.40. The molecule has 0 aliphatic rings. The summed E-state index contributed by atoms with van der Waals surface area (Å²) in [5, 5.41) is 11.0. The van der Waals surface area contributed by atoms with Gasteiger partial charge in [-0.1, -0.05) is 56.7 Å². The van der Waals surface area contributed by atoms with Gasteiger partial charge in [0.15, 0.2) is 0 Å². The van der Waals surface area contributed by atoms with Crippen molar-refractivity contribution < 1.29 is 38.6 Å². The first-order valence-electron chi connectivity index (χ1n) is 13.7. The zero-order valence-corrected chi connectivity index (χ0v) is 24.7. The van der Waals surface area contributed by atoms with Gasteiger partial charge in [-0.15, -0.1) is 0 Å². The number of carbonyl (C=O) groups is 5. The second-order valence-electron chi connectivity index (χ2n) is 10.5. The molecule has 0 radical (unpaired) electrons. The average Bonchev–Trinajstić information content (AvgIpc) is 2.94. The number of carboxylic acids is 1. The Morgan fingerprint density at radius 1 is 1.02 bits per heavy atom. The van der Waals surface area contributed by atoms with Crippen molar-refractivity contribution in [1.29, 1.82) is 0 Å². The number of nitrogens with zero attached hydrogens (tertiary/aromatic N) is 2. The first kappa shape index (κ1) is 33.5. The van der Waals surface area contributed by atoms with Gasteiger partial charge in [0.05, 0.1) is 17.2 Å². The minimum absolute atomic E-state index is 0.0106. The maximum absolute atomic E-state index is 13.4. The van der Waals surface area contributed by atoms with Crippen LogP contribution in [0.2, 0.25) is 0 Å². The van der Waals surface area contributed by atoms with Gasteiger partial charge in [0.2, 0.25) is 5.91 Å². The fraction of sp³-hybridized carbons (Fsp3) is 0.387. The molecule has 2 N–H and O–H groups in total. The molecule has 2 aromatic rings. The Morgan fingerprint density at radius 2 is 1.67 bits per heavy atom. The molecule has 11 nitrogen and oxygen atoms in total. The van der Waals surface area contributed by atoms with Crippen molar-refractivity contribution in [3.8, 4) is 0 Å². The van der Waals surface area contributed by atoms with Crippen molar-refractivity contribution in [3.63, 3.8) is 0 Å². The number of aromatic carboxylic acids is 1. The van der Waals surface area contributed by atoms with E-state index in [1.54, 1.807) is 45.9 Å². The first-order valence-corrected chi connectivity index (χ1v) is 13.7. The summed E-state index contributed by atoms with van der Waals surface area (Å²) in [4.78, 5) is 64.6. The maximum atomic E-state index is 13.4. The molecule has 1 unspecified atom stereocenters. The summed E-state index contributed by atoms with van der Waals surface area (Å²) in [6.45, 7) is 12.3. The fourth-order valence-corrected chi connectivity index (χ4v) is 3.93. The lowest BCUT2D eigenvalue weighted by Crippen LogP contribution is -2.48. The number of rotatable bonds is 11. The quantitative estimate of drug-likeness (QED) is 0.119. The SMILES string of the molecule is C=CCOC(=O)NN(CCCCC)C(=O)C(C)c1ccc(N(C(=O)C(=O)OC(C)(C)C)c2ccccc2C(=O)O)cc1. The highest BCUT2D eigenvalue weighted by Gasteiger charge is 2.32. The van der Waals surface area contributed by atoms with Crippen molar-refractivity contribution in [2.45, 2.75) is 65.4 Å². The minimum Gasteiger partial charge on any atom is -0.478 e. The van der Waals surface area contributed by atoms with Crippen LogP contribution in [0.5, 0.6) is 0 Å². The predicted molar refractivity (Wildman–Crippen MR) is 157 cm³/mol. The van der Waals surface area contributed by atoms with Gasteiger partial charge in [0, 0.05) is 12.2 Å². The molecule has 0 aliphatic heterocycles. The number of anilines is 2. The lowest BCUT2D eigenvalue weighted by atomic mass is 9.99. The number of hydrogen-bond acceptors (Lipinski definition) is 7. The van der Waals surface area contributed by atoms with Crippen LogP contribution in [-0.2, 0) is 23.9 Å². The highest BCUT2D eigenvalue weighted by Crippen LogP contribution is 2.31. The van der Waals surface area contributed by atoms with E-state index in [9.17, 15) is 29.1 Å². The molecule has 0 bridgehead atoms. The Kier molecular flexibility index (Phi) is 12.3. The van der Waals surface area contributed by atoms with Gasteiger partial charge >= 0.3 is 23.9 Å². The Labute approximate surface area is 246 Å². The van der Waals surface area contributed by atoms with Crippen LogP contribution in [0.25, 0.3) is 0 Å². The molecule has 2 rings (SSSR count). The van der Waals surface area contributed by atoms with Crippen LogP contribution < -0.4 is 10.3 Å². The van der Waals surface area contributed by atoms with Gasteiger partial charge in [-0.05, 0) is 63.9 Å². The van der Waals surface area contributed by atoms with Gasteiger partial charge < -0.3 is 14.6 Å². The molecule has 0 spiro atoms. The van der Waals surface area contributed by atoms with Gasteiger partial charge in [0.1, 0.15) is 12.2 Å². The van der Waals surface area contributed by atoms with Crippen LogP contribution in [-0.4, -0.2) is 58.7 Å². The summed E-state index contributed by atoms with van der Waals surface area (Å²) >= 11 is 0. The Bertz CT molecular complexity index is 1280. The molecule has 11 heteroatoms. The molecular weight excluding hydrogens is 542 g/mol. The standard InChI is InChI=1S/C31H39N3O8/c1-7-9-12-19-33(32-30(40)41-20-8-2)26(35)21(3)22-15-17-23(18-16-22)34(27(36)29(39)42-31(4,5)6)25-14-11-10-13-24(25)28(37)38/h8,10-11,13-18,21H,2,7,9,12,19-20H2,1,3-6H3,(H,32,40)(H,37,38). The maximum Gasteiger partial charge on any atom is 0.426 e. The van der Waals surface area contributed by atoms with Crippen molar-refractivity contribution in [2.75, 3.05) is 18.1 Å². The number of ether oxygens (including phenoxy) is 2. The van der Waals surface area contributed by atoms with Crippen LogP contribution in [0.4, 0.5) is 16.2 Å². The molecule has 1 atom stereocenters. The minimum atomic E-state index is -1.29. The van der Waals surface area contributed by atoms with E-state index in [2.05, 4.69) is 12.0 Å². The second kappa shape index (κ2) is 15.4. The predicted octanol–water partition coefficient (Wildman–Crippen LogP) is 5.34. The van der Waals surface area contributed by atoms with Crippen molar-refractivity contribution in [3.05, 3.63) is 72.3 Å². The summed E-state index contributed by atoms with van der Waals surface area (Å²) in [5.74, 6) is -4.62. The number of benzene rings is 2. The summed E-state index contributed by atoms with van der Waals surface area (Å²) in [7, 11) is 0. The Morgan fingerprint density at radius 3 is 2.24 bits per heavy atom. The summed E-state index contributed by atoms with van der Waals surface area (Å²) < 4.78 is 10.2. The van der Waals surface area contributed by atoms with Crippen molar-refractivity contribution in [1.82, 2.24) is 10.4 Å². The number of hydrogen-bond donors (Lipinski definition) is 2. The third kappa shape index (κ3) is 9.46. The molecular formula is C31H39N3O8. The Balaban J connectivity index is 2.42. The molecule has 0 aromatic heterocycles. The number of nitrogens with one attached hydrogen (secondary N) is 1. The lowest BCUT2D eigenvalue weighted by molar-refractivity contribution is -0.162. The van der Waals surface area contributed by atoms with Gasteiger partial charge in [-0.2, -0.15) is 0 Å². The molecule has 0 saturated carbocycles. The van der Waals surface area contributed by atoms with Crippen molar-refractivity contribution in [2.24, 2.45) is 0 Å². The van der Waals surface area contributed by atoms with E-state index in [0.29, 0.717) is 12.0 Å². The smallest absolute Gasteiger partial charge is 0.426 e. The summed E-state index contributed by atoms with van der Waals surface area (Å²) in [6, 6.07) is 12.0. The lowest BCUT2D eigenvalue weighted by Gasteiger charge is -2.27. The van der Waals surface area contributed by atoms with E-state index in [1.165, 1.54) is 41.4 Å². The number of para-hydroxylation sites is 1. The van der Waals surface area contributed by atoms with E-state index in [0.717, 1.165) is 17.7 Å². The molecule has 0 fully saturated rings. The molecule has 0 heterocycles. The van der Waals surface area contributed by atoms with Crippen LogP contribution in [0.15, 0.2) is 61.2 Å². The number of esters is 1. The van der Waals surface area contributed by atoms with E-state index < -0.39 is 35.5 Å². The molecule has 42 heavy (non-hydrogen) atoms. The van der Waals surface area contributed by atoms with E-state index >= 15 is 0 Å². The molecule has 3 amide bonds. The largest absolute Gasteiger partial charge is 0.478 e. The summed E-state index contributed by atoms with van der Waals surface area (Å²) in [5.41, 5.74) is 2.06. The summed E-state index contributed by atoms with van der Waals surface area (Å²) in [6.07, 6.45) is 3.08. The number of carbonyl (C=O) groups excluding carboxylic acids is 4. The van der Waals surface area contributed by atoms with Crippen molar-refractivity contribution >= 4 is 41.2 Å². The normalized spacial score (nSPS) is 11.5. The molecule has 0 aliphatic carbocycles. The number of amides is 3. The van der Waals surface area contributed by atoms with Crippen LogP contribution >= 0.6 is 0 Å². The molecule has 2 aromatic carbocycles. The molecule has 226 valence electrons. The van der Waals surface area contributed by atoms with E-state index in [-0.39, 0.29) is 36.0 Å². The van der Waals surface area contributed by atoms with Gasteiger partial charge in [-0.25, -0.2) is 19.8 Å². The number of carboxylic acid groups (broad SMARTS) is 1. The topological polar surface area (TPSA) is 143 Å². The van der Waals surface area contributed by atoms with E-state index in [4.69, 9.17) is 9.47 Å². The van der Waals surface area contributed by atoms with Crippen LogP contribution in [0, 0.1) is 0 Å². The molecule has 0 saturated heterocycles. The Hall–Kier alpha value is -4.67. The second-order valence-corrected chi connectivity index (χ2v) is 10.5. The fourth-order valence-electron chi connectivity index (χ4n) is 3.93. The van der Waals surface area contributed by atoms with Crippen LogP contribution in [0.1, 0.15) is 75.7 Å². The number of hydrazine groups is 1. The zero-order chi connectivity index (χ0) is 31.4. The monoisotopic (exact) mass is 581 g/mol. The highest BCUT2D eigenvalue weighted by atomic mass is 16.6. The zero-order valence-electron chi connectivity index (χ0n) is 24.7. The third-order valence-electron chi connectivity index (χ3n) is 5.98. The van der Waals surface area contributed by atoms with Gasteiger partial charge in [-0.3, -0.25) is 19.5 Å². The third-order valence-corrected chi connectivity index (χ3v) is 5.98. The van der Waals surface area contributed by atoms with Gasteiger partial charge in [0.25, 0.3) is 0 Å². The van der Waals surface area contributed by atoms with Crippen LogP contribution in [0.3, 0.4) is 0 Å². The first-order chi connectivity index (χ1) is 19.8. The number of unbranched alkanes of at least 4 members (excludes halogenated alkanes) is 2.